The molecule has 21 heavy (non-hydrogen) atoms. The van der Waals surface area contributed by atoms with Crippen LogP contribution in [0.4, 0.5) is 0 Å². The van der Waals surface area contributed by atoms with E-state index in [1.165, 1.54) is 0 Å². The van der Waals surface area contributed by atoms with Gasteiger partial charge in [0.1, 0.15) is 12.4 Å². The fraction of sp³-hybridized carbons (Fsp3) is 0.111. The zero-order valence-corrected chi connectivity index (χ0v) is 12.4. The third kappa shape index (κ3) is 3.32. The maximum absolute atomic E-state index is 6.36. The Morgan fingerprint density at radius 2 is 1.67 bits per heavy atom. The zero-order valence-electron chi connectivity index (χ0n) is 11.6. The van der Waals surface area contributed by atoms with Crippen LogP contribution in [0.5, 0.6) is 5.75 Å². The second kappa shape index (κ2) is 6.57. The number of hydrogen-bond donors (Lipinski definition) is 1. The number of ether oxygens (including phenoxy) is 1. The van der Waals surface area contributed by atoms with Crippen molar-refractivity contribution < 1.29 is 4.74 Å². The molecule has 1 heterocycles. The Morgan fingerprint density at radius 3 is 2.43 bits per heavy atom. The molecule has 0 bridgehead atoms. The largest absolute Gasteiger partial charge is 0.489 e. The number of nitrogens with two attached hydrogens (primary N) is 1. The lowest BCUT2D eigenvalue weighted by Gasteiger charge is -2.16. The van der Waals surface area contributed by atoms with Gasteiger partial charge < -0.3 is 10.5 Å². The lowest BCUT2D eigenvalue weighted by Crippen LogP contribution is -2.12. The van der Waals surface area contributed by atoms with Crippen molar-refractivity contribution in [3.8, 4) is 5.75 Å². The van der Waals surface area contributed by atoms with E-state index in [-0.39, 0.29) is 6.04 Å². The van der Waals surface area contributed by atoms with Crippen molar-refractivity contribution in [2.45, 2.75) is 12.6 Å². The molecule has 3 aromatic rings. The average molecular weight is 295 g/mol. The van der Waals surface area contributed by atoms with Crippen molar-refractivity contribution in [2.75, 3.05) is 0 Å². The highest BCUT2D eigenvalue weighted by Crippen LogP contribution is 2.30. The van der Waals surface area contributed by atoms with Gasteiger partial charge in [0, 0.05) is 10.4 Å². The Morgan fingerprint density at radius 1 is 0.905 bits per heavy atom. The summed E-state index contributed by atoms with van der Waals surface area (Å²) < 4.78 is 5.97. The summed E-state index contributed by atoms with van der Waals surface area (Å²) in [6, 6.07) is 22.1. The first kappa shape index (κ1) is 13.9. The first-order valence-electron chi connectivity index (χ1n) is 6.89. The SMILES string of the molecule is N[C@H](c1cccs1)c1ccccc1OCc1ccccc1. The quantitative estimate of drug-likeness (QED) is 0.758. The van der Waals surface area contributed by atoms with Crippen LogP contribution < -0.4 is 10.5 Å². The molecule has 3 rings (SSSR count). The predicted molar refractivity (Wildman–Crippen MR) is 87.6 cm³/mol. The fourth-order valence-electron chi connectivity index (χ4n) is 2.23. The van der Waals surface area contributed by atoms with E-state index in [0.29, 0.717) is 6.61 Å². The molecule has 0 saturated carbocycles. The van der Waals surface area contributed by atoms with Crippen molar-refractivity contribution in [3.05, 3.63) is 88.1 Å². The van der Waals surface area contributed by atoms with Gasteiger partial charge in [0.25, 0.3) is 0 Å². The van der Waals surface area contributed by atoms with Crippen LogP contribution >= 0.6 is 11.3 Å². The normalized spacial score (nSPS) is 12.0. The van der Waals surface area contributed by atoms with E-state index in [4.69, 9.17) is 10.5 Å². The van der Waals surface area contributed by atoms with E-state index in [9.17, 15) is 0 Å². The Balaban J connectivity index is 1.80. The highest BCUT2D eigenvalue weighted by atomic mass is 32.1. The highest BCUT2D eigenvalue weighted by molar-refractivity contribution is 7.10. The summed E-state index contributed by atoms with van der Waals surface area (Å²) in [5, 5.41) is 2.04. The molecule has 1 atom stereocenters. The van der Waals surface area contributed by atoms with E-state index in [1.54, 1.807) is 11.3 Å². The second-order valence-electron chi connectivity index (χ2n) is 4.81. The van der Waals surface area contributed by atoms with Crippen molar-refractivity contribution >= 4 is 11.3 Å². The molecule has 3 heteroatoms. The minimum absolute atomic E-state index is 0.142. The van der Waals surface area contributed by atoms with E-state index in [0.717, 1.165) is 21.8 Å². The molecule has 2 nitrogen and oxygen atoms in total. The molecule has 0 unspecified atom stereocenters. The summed E-state index contributed by atoms with van der Waals surface area (Å²) in [7, 11) is 0. The van der Waals surface area contributed by atoms with Crippen LogP contribution in [0.25, 0.3) is 0 Å². The van der Waals surface area contributed by atoms with Gasteiger partial charge in [0.15, 0.2) is 0 Å². The monoisotopic (exact) mass is 295 g/mol. The number of rotatable bonds is 5. The van der Waals surface area contributed by atoms with Crippen molar-refractivity contribution in [3.63, 3.8) is 0 Å². The molecule has 2 aromatic carbocycles. The molecule has 106 valence electrons. The lowest BCUT2D eigenvalue weighted by atomic mass is 10.1. The Kier molecular flexibility index (Phi) is 4.34. The Hall–Kier alpha value is -2.10. The van der Waals surface area contributed by atoms with Gasteiger partial charge in [0.2, 0.25) is 0 Å². The fourth-order valence-corrected chi connectivity index (χ4v) is 2.97. The molecule has 0 amide bonds. The van der Waals surface area contributed by atoms with Crippen LogP contribution in [0.2, 0.25) is 0 Å². The standard InChI is InChI=1S/C18H17NOS/c19-18(17-11-6-12-21-17)15-9-4-5-10-16(15)20-13-14-7-2-1-3-8-14/h1-12,18H,13,19H2/t18-/m0/s1. The average Bonchev–Trinajstić information content (AvgIpc) is 3.08. The van der Waals surface area contributed by atoms with Gasteiger partial charge >= 0.3 is 0 Å². The van der Waals surface area contributed by atoms with Crippen molar-refractivity contribution in [1.29, 1.82) is 0 Å². The summed E-state index contributed by atoms with van der Waals surface area (Å²) in [4.78, 5) is 1.14. The van der Waals surface area contributed by atoms with Gasteiger partial charge in [0.05, 0.1) is 6.04 Å². The van der Waals surface area contributed by atoms with E-state index >= 15 is 0 Å². The highest BCUT2D eigenvalue weighted by Gasteiger charge is 2.14. The van der Waals surface area contributed by atoms with Crippen LogP contribution in [0.15, 0.2) is 72.1 Å². The first-order valence-corrected chi connectivity index (χ1v) is 7.77. The van der Waals surface area contributed by atoms with Crippen LogP contribution in [-0.2, 0) is 6.61 Å². The maximum atomic E-state index is 6.36. The van der Waals surface area contributed by atoms with Crippen LogP contribution in [-0.4, -0.2) is 0 Å². The smallest absolute Gasteiger partial charge is 0.124 e. The number of benzene rings is 2. The lowest BCUT2D eigenvalue weighted by molar-refractivity contribution is 0.302. The van der Waals surface area contributed by atoms with Gasteiger partial charge in [-0.3, -0.25) is 0 Å². The maximum Gasteiger partial charge on any atom is 0.124 e. The predicted octanol–water partition coefficient (Wildman–Crippen LogP) is 4.38. The molecule has 0 aliphatic carbocycles. The zero-order chi connectivity index (χ0) is 14.5. The topological polar surface area (TPSA) is 35.2 Å². The Labute approximate surface area is 128 Å². The van der Waals surface area contributed by atoms with Crippen molar-refractivity contribution in [2.24, 2.45) is 5.73 Å². The minimum atomic E-state index is -0.142. The van der Waals surface area contributed by atoms with E-state index in [2.05, 4.69) is 18.2 Å². The summed E-state index contributed by atoms with van der Waals surface area (Å²) >= 11 is 1.67. The summed E-state index contributed by atoms with van der Waals surface area (Å²) in [5.74, 6) is 0.849. The number of para-hydroxylation sites is 1. The second-order valence-corrected chi connectivity index (χ2v) is 5.78. The number of thiophene rings is 1. The molecule has 0 fully saturated rings. The molecule has 0 aliphatic rings. The molecular formula is C18H17NOS. The number of hydrogen-bond acceptors (Lipinski definition) is 3. The molecule has 1 aromatic heterocycles. The van der Waals surface area contributed by atoms with Gasteiger partial charge in [-0.25, -0.2) is 0 Å². The van der Waals surface area contributed by atoms with Gasteiger partial charge in [-0.1, -0.05) is 54.6 Å². The van der Waals surface area contributed by atoms with E-state index in [1.807, 2.05) is 53.9 Å². The third-order valence-electron chi connectivity index (χ3n) is 3.34. The molecule has 0 aliphatic heterocycles. The minimum Gasteiger partial charge on any atom is -0.489 e. The molecule has 0 spiro atoms. The van der Waals surface area contributed by atoms with Gasteiger partial charge in [-0.05, 0) is 23.1 Å². The third-order valence-corrected chi connectivity index (χ3v) is 4.30. The molecular weight excluding hydrogens is 278 g/mol. The van der Waals surface area contributed by atoms with Crippen LogP contribution in [0.1, 0.15) is 22.0 Å². The Bertz CT molecular complexity index is 679. The summed E-state index contributed by atoms with van der Waals surface area (Å²) in [6.07, 6.45) is 0. The summed E-state index contributed by atoms with van der Waals surface area (Å²) in [5.41, 5.74) is 8.53. The van der Waals surface area contributed by atoms with Crippen molar-refractivity contribution in [1.82, 2.24) is 0 Å². The summed E-state index contributed by atoms with van der Waals surface area (Å²) in [6.45, 7) is 0.551. The van der Waals surface area contributed by atoms with Gasteiger partial charge in [-0.2, -0.15) is 0 Å². The van der Waals surface area contributed by atoms with Crippen LogP contribution in [0, 0.1) is 0 Å². The van der Waals surface area contributed by atoms with Crippen LogP contribution in [0.3, 0.4) is 0 Å². The molecule has 0 radical (unpaired) electrons. The molecule has 0 saturated heterocycles. The van der Waals surface area contributed by atoms with Gasteiger partial charge in [-0.15, -0.1) is 11.3 Å². The first-order chi connectivity index (χ1) is 10.3. The molecule has 2 N–H and O–H groups in total. The van der Waals surface area contributed by atoms with E-state index < -0.39 is 0 Å².